The lowest BCUT2D eigenvalue weighted by molar-refractivity contribution is -0.111. The third kappa shape index (κ3) is 3.72. The Morgan fingerprint density at radius 1 is 1.23 bits per heavy atom. The summed E-state index contributed by atoms with van der Waals surface area (Å²) < 4.78 is 16.6. The fourth-order valence-corrected chi connectivity index (χ4v) is 3.49. The molecule has 0 saturated carbocycles. The topological polar surface area (TPSA) is 77.5 Å². The lowest BCUT2D eigenvalue weighted by atomic mass is 9.96. The van der Waals surface area contributed by atoms with E-state index < -0.39 is 0 Å². The van der Waals surface area contributed by atoms with E-state index in [1.807, 2.05) is 57.2 Å². The highest BCUT2D eigenvalue weighted by atomic mass is 16.5. The number of carbonyl (C=O) groups is 1. The smallest absolute Gasteiger partial charge is 0.249 e. The molecule has 1 amide bonds. The van der Waals surface area contributed by atoms with Crippen molar-refractivity contribution in [2.45, 2.75) is 20.8 Å². The SMILES string of the molecule is CCOc1c(/C(C)=C/C(=O)Nc2ccon2)cc2c(-c3ccccc3)coc2c1C. The number of hydrogen-bond donors (Lipinski definition) is 1. The molecule has 0 unspecified atom stereocenters. The second kappa shape index (κ2) is 8.29. The van der Waals surface area contributed by atoms with Gasteiger partial charge in [-0.3, -0.25) is 4.79 Å². The minimum Gasteiger partial charge on any atom is -0.493 e. The van der Waals surface area contributed by atoms with Gasteiger partial charge in [0.05, 0.1) is 12.9 Å². The number of aromatic nitrogens is 1. The highest BCUT2D eigenvalue weighted by Gasteiger charge is 2.19. The van der Waals surface area contributed by atoms with Gasteiger partial charge in [0.25, 0.3) is 0 Å². The highest BCUT2D eigenvalue weighted by molar-refractivity contribution is 6.05. The Kier molecular flexibility index (Phi) is 5.39. The normalized spacial score (nSPS) is 11.6. The number of furan rings is 1. The van der Waals surface area contributed by atoms with Crippen molar-refractivity contribution >= 4 is 28.3 Å². The summed E-state index contributed by atoms with van der Waals surface area (Å²) in [5.74, 6) is 0.779. The van der Waals surface area contributed by atoms with Crippen molar-refractivity contribution in [1.82, 2.24) is 5.16 Å². The van der Waals surface area contributed by atoms with Gasteiger partial charge in [-0.05, 0) is 38.0 Å². The van der Waals surface area contributed by atoms with Gasteiger partial charge in [-0.1, -0.05) is 35.5 Å². The van der Waals surface area contributed by atoms with E-state index in [4.69, 9.17) is 13.7 Å². The Labute approximate surface area is 174 Å². The maximum Gasteiger partial charge on any atom is 0.249 e. The lowest BCUT2D eigenvalue weighted by Gasteiger charge is -2.15. The third-order valence-corrected chi connectivity index (χ3v) is 4.88. The second-order valence-electron chi connectivity index (χ2n) is 6.90. The number of fused-ring (bicyclic) bond motifs is 1. The minimum atomic E-state index is -0.294. The summed E-state index contributed by atoms with van der Waals surface area (Å²) in [6, 6.07) is 13.7. The number of nitrogens with one attached hydrogen (secondary N) is 1. The number of ether oxygens (including phenoxy) is 1. The van der Waals surface area contributed by atoms with Gasteiger partial charge in [0.2, 0.25) is 5.91 Å². The number of allylic oxidation sites excluding steroid dienone is 1. The molecular weight excluding hydrogens is 380 g/mol. The van der Waals surface area contributed by atoms with Gasteiger partial charge in [-0.15, -0.1) is 0 Å². The lowest BCUT2D eigenvalue weighted by Crippen LogP contribution is -2.09. The van der Waals surface area contributed by atoms with Gasteiger partial charge in [-0.25, -0.2) is 0 Å². The van der Waals surface area contributed by atoms with Crippen LogP contribution in [0.3, 0.4) is 0 Å². The number of aryl methyl sites for hydroxylation is 1. The van der Waals surface area contributed by atoms with E-state index in [1.54, 1.807) is 12.3 Å². The molecule has 2 aromatic heterocycles. The Balaban J connectivity index is 1.81. The van der Waals surface area contributed by atoms with Gasteiger partial charge >= 0.3 is 0 Å². The molecule has 0 radical (unpaired) electrons. The number of amides is 1. The zero-order valence-corrected chi connectivity index (χ0v) is 17.1. The molecule has 0 fully saturated rings. The Morgan fingerprint density at radius 3 is 2.73 bits per heavy atom. The van der Waals surface area contributed by atoms with Crippen LogP contribution in [0, 0.1) is 6.92 Å². The summed E-state index contributed by atoms with van der Waals surface area (Å²) in [5.41, 5.74) is 5.35. The van der Waals surface area contributed by atoms with Crippen molar-refractivity contribution < 1.29 is 18.5 Å². The molecule has 2 aromatic carbocycles. The maximum absolute atomic E-state index is 12.4. The van der Waals surface area contributed by atoms with E-state index in [2.05, 4.69) is 10.5 Å². The van der Waals surface area contributed by atoms with Crippen LogP contribution >= 0.6 is 0 Å². The van der Waals surface area contributed by atoms with Crippen LogP contribution in [-0.4, -0.2) is 17.7 Å². The predicted octanol–water partition coefficient (Wildman–Crippen LogP) is 5.84. The van der Waals surface area contributed by atoms with E-state index in [9.17, 15) is 4.79 Å². The van der Waals surface area contributed by atoms with Crippen LogP contribution in [0.5, 0.6) is 5.75 Å². The van der Waals surface area contributed by atoms with Crippen molar-refractivity contribution in [1.29, 1.82) is 0 Å². The van der Waals surface area contributed by atoms with Crippen LogP contribution in [0.4, 0.5) is 5.82 Å². The molecule has 1 N–H and O–H groups in total. The zero-order chi connectivity index (χ0) is 21.1. The molecule has 0 bridgehead atoms. The molecule has 2 heterocycles. The largest absolute Gasteiger partial charge is 0.493 e. The Hall–Kier alpha value is -3.80. The number of rotatable bonds is 6. The molecule has 0 spiro atoms. The van der Waals surface area contributed by atoms with E-state index >= 15 is 0 Å². The van der Waals surface area contributed by atoms with Crippen molar-refractivity contribution in [3.05, 3.63) is 72.2 Å². The molecule has 0 aliphatic heterocycles. The van der Waals surface area contributed by atoms with Crippen LogP contribution in [0.25, 0.3) is 27.7 Å². The van der Waals surface area contributed by atoms with Crippen LogP contribution in [0.15, 0.2) is 70.0 Å². The number of nitrogens with zero attached hydrogens (tertiary/aromatic N) is 1. The zero-order valence-electron chi connectivity index (χ0n) is 17.1. The molecule has 30 heavy (non-hydrogen) atoms. The van der Waals surface area contributed by atoms with Crippen molar-refractivity contribution in [2.75, 3.05) is 11.9 Å². The molecule has 0 aliphatic carbocycles. The molecule has 4 aromatic rings. The highest BCUT2D eigenvalue weighted by Crippen LogP contribution is 2.40. The first-order valence-corrected chi connectivity index (χ1v) is 9.71. The van der Waals surface area contributed by atoms with Crippen molar-refractivity contribution in [2.24, 2.45) is 0 Å². The average molecular weight is 402 g/mol. The Bertz CT molecular complexity index is 1210. The molecule has 0 atom stereocenters. The first-order chi connectivity index (χ1) is 14.6. The van der Waals surface area contributed by atoms with E-state index in [0.717, 1.165) is 38.8 Å². The fraction of sp³-hybridized carbons (Fsp3) is 0.167. The third-order valence-electron chi connectivity index (χ3n) is 4.88. The quantitative estimate of drug-likeness (QED) is 0.410. The first kappa shape index (κ1) is 19.5. The first-order valence-electron chi connectivity index (χ1n) is 9.71. The predicted molar refractivity (Wildman–Crippen MR) is 116 cm³/mol. The summed E-state index contributed by atoms with van der Waals surface area (Å²) in [7, 11) is 0. The van der Waals surface area contributed by atoms with Crippen LogP contribution < -0.4 is 10.1 Å². The molecule has 0 aliphatic rings. The van der Waals surface area contributed by atoms with Gasteiger partial charge < -0.3 is 19.0 Å². The Morgan fingerprint density at radius 2 is 2.03 bits per heavy atom. The molecule has 6 heteroatoms. The minimum absolute atomic E-state index is 0.294. The summed E-state index contributed by atoms with van der Waals surface area (Å²) in [5, 5.41) is 7.36. The van der Waals surface area contributed by atoms with Gasteiger partial charge in [0.15, 0.2) is 5.82 Å². The molecule has 0 saturated heterocycles. The summed E-state index contributed by atoms with van der Waals surface area (Å²) in [6.45, 7) is 6.29. The van der Waals surface area contributed by atoms with E-state index in [-0.39, 0.29) is 5.91 Å². The number of hydrogen-bond acceptors (Lipinski definition) is 5. The molecule has 4 rings (SSSR count). The molecule has 152 valence electrons. The summed E-state index contributed by atoms with van der Waals surface area (Å²) >= 11 is 0. The standard InChI is InChI=1S/C24H22N2O4/c1-4-28-23-16(3)24-19(20(14-29-24)17-8-6-5-7-9-17)13-18(23)15(2)12-22(27)25-21-10-11-30-26-21/h5-14H,4H2,1-3H3,(H,25,26,27)/b15-12+. The van der Waals surface area contributed by atoms with E-state index in [0.29, 0.717) is 18.2 Å². The number of carbonyl (C=O) groups excluding carboxylic acids is 1. The summed E-state index contributed by atoms with van der Waals surface area (Å²) in [6.07, 6.45) is 4.70. The van der Waals surface area contributed by atoms with Crippen LogP contribution in [0.2, 0.25) is 0 Å². The average Bonchev–Trinajstić information content (AvgIpc) is 3.40. The van der Waals surface area contributed by atoms with Crippen LogP contribution in [-0.2, 0) is 4.79 Å². The molecular formula is C24H22N2O4. The van der Waals surface area contributed by atoms with Gasteiger partial charge in [-0.2, -0.15) is 0 Å². The summed E-state index contributed by atoms with van der Waals surface area (Å²) in [4.78, 5) is 12.4. The van der Waals surface area contributed by atoms with E-state index in [1.165, 1.54) is 12.3 Å². The monoisotopic (exact) mass is 402 g/mol. The number of anilines is 1. The second-order valence-corrected chi connectivity index (χ2v) is 6.90. The van der Waals surface area contributed by atoms with Gasteiger partial charge in [0.1, 0.15) is 17.6 Å². The van der Waals surface area contributed by atoms with Gasteiger partial charge in [0, 0.05) is 34.2 Å². The maximum atomic E-state index is 12.4. The fourth-order valence-electron chi connectivity index (χ4n) is 3.49. The molecule has 6 nitrogen and oxygen atoms in total. The van der Waals surface area contributed by atoms with Crippen molar-refractivity contribution in [3.63, 3.8) is 0 Å². The van der Waals surface area contributed by atoms with Crippen LogP contribution in [0.1, 0.15) is 25.0 Å². The van der Waals surface area contributed by atoms with Crippen molar-refractivity contribution in [3.8, 4) is 16.9 Å². The number of benzene rings is 2.